The van der Waals surface area contributed by atoms with Crippen molar-refractivity contribution in [1.29, 1.82) is 0 Å². The summed E-state index contributed by atoms with van der Waals surface area (Å²) in [5.41, 5.74) is -1.40. The van der Waals surface area contributed by atoms with E-state index in [1.165, 1.54) is 0 Å². The summed E-state index contributed by atoms with van der Waals surface area (Å²) in [5, 5.41) is 27.5. The lowest BCUT2D eigenvalue weighted by molar-refractivity contribution is -0.394. The Kier molecular flexibility index (Phi) is 14.4. The number of nitro groups is 2. The first kappa shape index (κ1) is 32.9. The van der Waals surface area contributed by atoms with Gasteiger partial charge >= 0.3 is 14.9 Å². The van der Waals surface area contributed by atoms with Crippen LogP contribution in [0.3, 0.4) is 0 Å². The van der Waals surface area contributed by atoms with Crippen LogP contribution >= 0.6 is 0 Å². The Morgan fingerprint density at radius 1 is 0.947 bits per heavy atom. The zero-order valence-corrected chi connectivity index (χ0v) is 23.5. The van der Waals surface area contributed by atoms with Crippen LogP contribution in [-0.2, 0) is 18.0 Å². The minimum absolute atomic E-state index is 0.111. The van der Waals surface area contributed by atoms with Crippen molar-refractivity contribution in [3.8, 4) is 0 Å². The van der Waals surface area contributed by atoms with Crippen LogP contribution in [0.1, 0.15) is 57.8 Å². The molecule has 0 heterocycles. The van der Waals surface area contributed by atoms with Gasteiger partial charge in [0.2, 0.25) is 0 Å². The third kappa shape index (κ3) is 11.5. The lowest BCUT2D eigenvalue weighted by atomic mass is 10.0. The average molecular weight is 559 g/mol. The van der Waals surface area contributed by atoms with Crippen LogP contribution < -0.4 is 10.6 Å². The van der Waals surface area contributed by atoms with E-state index in [0.717, 1.165) is 18.2 Å². The Morgan fingerprint density at radius 2 is 1.47 bits per heavy atom. The number of nitrogens with one attached hydrogen (secondary N) is 2. The summed E-state index contributed by atoms with van der Waals surface area (Å²) >= 11 is 0. The summed E-state index contributed by atoms with van der Waals surface area (Å²) in [5.74, 6) is -0.643. The summed E-state index contributed by atoms with van der Waals surface area (Å²) < 4.78 is 22.6. The fraction of sp³-hybridized carbons (Fsp3) is 0.652. The van der Waals surface area contributed by atoms with Crippen LogP contribution in [0.2, 0.25) is 6.04 Å². The van der Waals surface area contributed by atoms with Gasteiger partial charge in [-0.3, -0.25) is 25.0 Å². The van der Waals surface area contributed by atoms with Crippen molar-refractivity contribution in [2.45, 2.75) is 59.5 Å². The second-order valence-electron chi connectivity index (χ2n) is 8.66. The van der Waals surface area contributed by atoms with Gasteiger partial charge in [0.1, 0.15) is 6.61 Å². The standard InChI is InChI=1S/C23H38N4O10Si/c1-6-35-38(36-7-2,37-8-3)11-9-10-24-23(29)34-16-19(12-17(4)5)25-22(28)18-13-20(26(30)31)15-21(14-18)27(32)33/h13-15,17,19H,6-12,16H2,1-5H3,(H,24,29)(H,25,28)/t19-/m0/s1. The number of alkyl carbamates (subject to hydrolysis) is 1. The van der Waals surface area contributed by atoms with Gasteiger partial charge in [-0.15, -0.1) is 0 Å². The maximum Gasteiger partial charge on any atom is 0.500 e. The van der Waals surface area contributed by atoms with Crippen molar-refractivity contribution in [2.24, 2.45) is 5.92 Å². The quantitative estimate of drug-likeness (QED) is 0.116. The number of amides is 2. The maximum atomic E-state index is 12.8. The van der Waals surface area contributed by atoms with E-state index in [0.29, 0.717) is 45.3 Å². The van der Waals surface area contributed by atoms with Crippen LogP contribution in [0, 0.1) is 26.1 Å². The van der Waals surface area contributed by atoms with E-state index in [4.69, 9.17) is 18.0 Å². The van der Waals surface area contributed by atoms with Gasteiger partial charge in [0.25, 0.3) is 17.3 Å². The Labute approximate surface area is 223 Å². The molecule has 1 rings (SSSR count). The van der Waals surface area contributed by atoms with E-state index in [1.807, 2.05) is 34.6 Å². The zero-order valence-electron chi connectivity index (χ0n) is 22.5. The zero-order chi connectivity index (χ0) is 28.7. The smallest absolute Gasteiger partial charge is 0.447 e. The summed E-state index contributed by atoms with van der Waals surface area (Å²) in [6.07, 6.45) is 0.288. The van der Waals surface area contributed by atoms with Crippen LogP contribution in [0.25, 0.3) is 0 Å². The molecule has 0 fully saturated rings. The monoisotopic (exact) mass is 558 g/mol. The molecule has 0 bridgehead atoms. The number of benzene rings is 1. The first-order chi connectivity index (χ1) is 18.0. The topological polar surface area (TPSA) is 181 Å². The van der Waals surface area contributed by atoms with Gasteiger partial charge in [-0.1, -0.05) is 13.8 Å². The van der Waals surface area contributed by atoms with Crippen molar-refractivity contribution < 1.29 is 37.5 Å². The van der Waals surface area contributed by atoms with Crippen LogP contribution in [0.4, 0.5) is 16.2 Å². The van der Waals surface area contributed by atoms with Crippen molar-refractivity contribution in [3.63, 3.8) is 0 Å². The molecule has 15 heteroatoms. The highest BCUT2D eigenvalue weighted by Crippen LogP contribution is 2.23. The molecule has 0 aliphatic carbocycles. The van der Waals surface area contributed by atoms with E-state index < -0.39 is 48.1 Å². The fourth-order valence-electron chi connectivity index (χ4n) is 3.67. The average Bonchev–Trinajstić information content (AvgIpc) is 2.85. The molecule has 14 nitrogen and oxygen atoms in total. The summed E-state index contributed by atoms with van der Waals surface area (Å²) in [7, 11) is -2.82. The van der Waals surface area contributed by atoms with E-state index in [-0.39, 0.29) is 18.1 Å². The first-order valence-electron chi connectivity index (χ1n) is 12.5. The number of ether oxygens (including phenoxy) is 1. The maximum absolute atomic E-state index is 12.8. The molecule has 0 unspecified atom stereocenters. The number of carbonyl (C=O) groups is 2. The predicted octanol–water partition coefficient (Wildman–Crippen LogP) is 3.81. The van der Waals surface area contributed by atoms with Crippen molar-refractivity contribution in [1.82, 2.24) is 10.6 Å². The molecular weight excluding hydrogens is 520 g/mol. The van der Waals surface area contributed by atoms with Gasteiger partial charge in [0.15, 0.2) is 0 Å². The number of non-ortho nitro benzene ring substituents is 2. The largest absolute Gasteiger partial charge is 0.500 e. The number of hydrogen-bond donors (Lipinski definition) is 2. The van der Waals surface area contributed by atoms with Crippen LogP contribution in [0.15, 0.2) is 18.2 Å². The molecule has 2 amide bonds. The molecule has 38 heavy (non-hydrogen) atoms. The second kappa shape index (κ2) is 16.6. The molecule has 1 aromatic carbocycles. The summed E-state index contributed by atoms with van der Waals surface area (Å²) in [6, 6.07) is 2.58. The molecule has 0 aromatic heterocycles. The third-order valence-corrected chi connectivity index (χ3v) is 8.27. The summed E-state index contributed by atoms with van der Waals surface area (Å²) in [4.78, 5) is 45.6. The molecule has 0 radical (unpaired) electrons. The molecule has 0 aliphatic rings. The SMILES string of the molecule is CCO[Si](CCCNC(=O)OC[C@H](CC(C)C)NC(=O)c1cc([N+](=O)[O-])cc([N+](=O)[O-])c1)(OCC)OCC. The molecule has 0 saturated heterocycles. The number of rotatable bonds is 18. The van der Waals surface area contributed by atoms with Crippen molar-refractivity contribution in [3.05, 3.63) is 44.0 Å². The lowest BCUT2D eigenvalue weighted by Gasteiger charge is -2.28. The molecule has 0 saturated carbocycles. The van der Waals surface area contributed by atoms with Gasteiger partial charge in [-0.2, -0.15) is 0 Å². The summed E-state index contributed by atoms with van der Waals surface area (Å²) in [6.45, 7) is 10.9. The molecule has 0 spiro atoms. The van der Waals surface area contributed by atoms with Crippen LogP contribution in [-0.4, -0.2) is 69.7 Å². The minimum atomic E-state index is -2.82. The predicted molar refractivity (Wildman–Crippen MR) is 140 cm³/mol. The fourth-order valence-corrected chi connectivity index (χ4v) is 6.28. The molecule has 1 aromatic rings. The normalized spacial score (nSPS) is 12.2. The molecule has 1 atom stereocenters. The number of nitrogens with zero attached hydrogens (tertiary/aromatic N) is 2. The molecular formula is C23H38N4O10Si. The van der Waals surface area contributed by atoms with Gasteiger partial charge in [-0.05, 0) is 39.5 Å². The highest BCUT2D eigenvalue weighted by atomic mass is 28.4. The first-order valence-corrected chi connectivity index (χ1v) is 14.5. The van der Waals surface area contributed by atoms with Crippen molar-refractivity contribution >= 4 is 32.2 Å². The van der Waals surface area contributed by atoms with Gasteiger partial charge in [0.05, 0.1) is 27.5 Å². The van der Waals surface area contributed by atoms with Gasteiger partial charge in [-0.25, -0.2) is 4.79 Å². The Balaban J connectivity index is 2.73. The number of hydrogen-bond acceptors (Lipinski definition) is 10. The van der Waals surface area contributed by atoms with Gasteiger partial charge < -0.3 is 28.6 Å². The van der Waals surface area contributed by atoms with E-state index >= 15 is 0 Å². The Bertz CT molecular complexity index is 898. The lowest BCUT2D eigenvalue weighted by Crippen LogP contribution is -2.46. The highest BCUT2D eigenvalue weighted by molar-refractivity contribution is 6.60. The van der Waals surface area contributed by atoms with Crippen LogP contribution in [0.5, 0.6) is 0 Å². The van der Waals surface area contributed by atoms with Crippen molar-refractivity contribution in [2.75, 3.05) is 33.0 Å². The third-order valence-electron chi connectivity index (χ3n) is 5.11. The molecule has 0 aliphatic heterocycles. The molecule has 2 N–H and O–H groups in total. The minimum Gasteiger partial charge on any atom is -0.447 e. The number of nitro benzene ring substituents is 2. The molecule has 214 valence electrons. The highest BCUT2D eigenvalue weighted by Gasteiger charge is 2.39. The Hall–Kier alpha value is -3.14. The Morgan fingerprint density at radius 3 is 1.92 bits per heavy atom. The van der Waals surface area contributed by atoms with E-state index in [9.17, 15) is 29.8 Å². The second-order valence-corrected chi connectivity index (χ2v) is 11.4. The van der Waals surface area contributed by atoms with Gasteiger partial charge in [0, 0.05) is 44.5 Å². The van der Waals surface area contributed by atoms with E-state index in [1.54, 1.807) is 0 Å². The number of carbonyl (C=O) groups excluding carboxylic acids is 2. The van der Waals surface area contributed by atoms with E-state index in [2.05, 4.69) is 10.6 Å².